The molecule has 262 valence electrons. The highest BCUT2D eigenvalue weighted by atomic mass is 35.5. The first-order valence-corrected chi connectivity index (χ1v) is 16.9. The summed E-state index contributed by atoms with van der Waals surface area (Å²) in [5.74, 6) is -1.52. The Balaban J connectivity index is 1.49. The number of rotatable bonds is 8. The van der Waals surface area contributed by atoms with E-state index in [1.54, 1.807) is 10.7 Å². The van der Waals surface area contributed by atoms with Crippen molar-refractivity contribution in [3.63, 3.8) is 0 Å². The second kappa shape index (κ2) is 13.3. The van der Waals surface area contributed by atoms with Gasteiger partial charge in [0.25, 0.3) is 5.91 Å². The maximum Gasteiger partial charge on any atom is 0.417 e. The molecule has 50 heavy (non-hydrogen) atoms. The van der Waals surface area contributed by atoms with Gasteiger partial charge in [0.2, 0.25) is 0 Å². The minimum absolute atomic E-state index is 0.0361. The SMILES string of the molecule is Cc1cc(OCCCc2c3n(c4c(-c5c(C)nn(C)c5C)c(Cl)ccc24)CCCN(c2ccc(C(=O)O)c(C(F)(F)F)c2)C3=O)cc(C)c1Cl. The Morgan fingerprint density at radius 1 is 1.00 bits per heavy atom. The van der Waals surface area contributed by atoms with Crippen LogP contribution in [0.5, 0.6) is 5.75 Å². The number of fused-ring (bicyclic) bond motifs is 3. The van der Waals surface area contributed by atoms with Crippen molar-refractivity contribution in [3.8, 4) is 16.9 Å². The summed E-state index contributed by atoms with van der Waals surface area (Å²) in [6, 6.07) is 10.3. The molecule has 1 N–H and O–H groups in total. The first-order chi connectivity index (χ1) is 23.6. The zero-order valence-electron chi connectivity index (χ0n) is 28.1. The largest absolute Gasteiger partial charge is 0.494 e. The van der Waals surface area contributed by atoms with Gasteiger partial charge in [0.05, 0.1) is 34.0 Å². The van der Waals surface area contributed by atoms with Crippen LogP contribution in [0.2, 0.25) is 10.0 Å². The number of hydrogen-bond donors (Lipinski definition) is 1. The summed E-state index contributed by atoms with van der Waals surface area (Å²) in [6.07, 6.45) is -3.58. The van der Waals surface area contributed by atoms with Crippen molar-refractivity contribution in [1.82, 2.24) is 14.3 Å². The van der Waals surface area contributed by atoms with Crippen molar-refractivity contribution in [2.24, 2.45) is 7.05 Å². The molecule has 13 heteroatoms. The third-order valence-electron chi connectivity index (χ3n) is 9.35. The fourth-order valence-corrected chi connectivity index (χ4v) is 7.36. The van der Waals surface area contributed by atoms with Gasteiger partial charge >= 0.3 is 12.1 Å². The number of nitrogens with zero attached hydrogens (tertiary/aromatic N) is 4. The first-order valence-electron chi connectivity index (χ1n) is 16.1. The van der Waals surface area contributed by atoms with Gasteiger partial charge in [-0.2, -0.15) is 18.3 Å². The van der Waals surface area contributed by atoms with E-state index in [4.69, 9.17) is 27.9 Å². The van der Waals surface area contributed by atoms with Crippen LogP contribution in [0.1, 0.15) is 67.3 Å². The molecule has 5 aromatic rings. The van der Waals surface area contributed by atoms with Crippen LogP contribution in [0, 0.1) is 27.7 Å². The predicted octanol–water partition coefficient (Wildman–Crippen LogP) is 9.36. The lowest BCUT2D eigenvalue weighted by Crippen LogP contribution is -2.32. The molecular weight excluding hydrogens is 692 g/mol. The smallest absolute Gasteiger partial charge is 0.417 e. The molecule has 0 radical (unpaired) electrons. The lowest BCUT2D eigenvalue weighted by atomic mass is 9.98. The van der Waals surface area contributed by atoms with E-state index in [0.717, 1.165) is 62.2 Å². The van der Waals surface area contributed by atoms with Crippen molar-refractivity contribution in [2.75, 3.05) is 18.1 Å². The number of carbonyl (C=O) groups excluding carboxylic acids is 1. The maximum absolute atomic E-state index is 14.7. The lowest BCUT2D eigenvalue weighted by molar-refractivity contribution is -0.138. The topological polar surface area (TPSA) is 89.6 Å². The normalized spacial score (nSPS) is 13.6. The Labute approximate surface area is 297 Å². The number of aromatic carboxylic acids is 1. The lowest BCUT2D eigenvalue weighted by Gasteiger charge is -2.23. The zero-order chi connectivity index (χ0) is 36.2. The number of alkyl halides is 3. The number of ether oxygens (including phenoxy) is 1. The number of carboxylic acids is 1. The van der Waals surface area contributed by atoms with Crippen molar-refractivity contribution in [3.05, 3.63) is 97.4 Å². The van der Waals surface area contributed by atoms with Gasteiger partial charge in [-0.25, -0.2) is 4.79 Å². The van der Waals surface area contributed by atoms with E-state index in [0.29, 0.717) is 53.9 Å². The summed E-state index contributed by atoms with van der Waals surface area (Å²) in [5.41, 5.74) is 4.59. The van der Waals surface area contributed by atoms with Gasteiger partial charge in [0.1, 0.15) is 11.4 Å². The van der Waals surface area contributed by atoms with E-state index in [9.17, 15) is 27.9 Å². The van der Waals surface area contributed by atoms with Gasteiger partial charge in [-0.05, 0) is 100 Å². The van der Waals surface area contributed by atoms with E-state index >= 15 is 0 Å². The molecule has 0 spiro atoms. The fraction of sp³-hybridized carbons (Fsp3) is 0.324. The molecule has 0 saturated heterocycles. The third kappa shape index (κ3) is 6.21. The number of aromatic nitrogens is 3. The number of carboxylic acid groups (broad SMARTS) is 1. The molecular formula is C37H35Cl2F3N4O4. The van der Waals surface area contributed by atoms with E-state index in [-0.39, 0.29) is 12.2 Å². The molecule has 0 atom stereocenters. The maximum atomic E-state index is 14.7. The molecule has 6 rings (SSSR count). The summed E-state index contributed by atoms with van der Waals surface area (Å²) < 4.78 is 51.9. The van der Waals surface area contributed by atoms with E-state index in [1.165, 1.54) is 11.0 Å². The molecule has 1 aliphatic heterocycles. The minimum Gasteiger partial charge on any atom is -0.494 e. The van der Waals surface area contributed by atoms with Gasteiger partial charge in [-0.1, -0.05) is 29.3 Å². The van der Waals surface area contributed by atoms with Gasteiger partial charge < -0.3 is 19.3 Å². The number of anilines is 1. The molecule has 0 unspecified atom stereocenters. The second-order valence-corrected chi connectivity index (χ2v) is 13.4. The number of aryl methyl sites for hydroxylation is 6. The molecule has 0 aliphatic carbocycles. The number of hydrogen-bond acceptors (Lipinski definition) is 4. The Morgan fingerprint density at radius 2 is 1.70 bits per heavy atom. The molecule has 0 saturated carbocycles. The van der Waals surface area contributed by atoms with Crippen molar-refractivity contribution < 1.29 is 32.6 Å². The highest BCUT2D eigenvalue weighted by molar-refractivity contribution is 6.35. The molecule has 0 fully saturated rings. The standard InChI is InChI=1S/C37H35Cl2F3N4O4/c1-19-16-24(17-20(2)32(19)39)50-15-6-8-25-26-11-12-29(38)31(30-21(3)43-44(5)22(30)4)33(26)46-14-7-13-45(35(47)34(25)46)23-9-10-27(36(48)49)28(18-23)37(40,41)42/h9-12,16-18H,6-8,13-15H2,1-5H3,(H,48,49). The molecule has 0 bridgehead atoms. The first kappa shape index (κ1) is 35.3. The van der Waals surface area contributed by atoms with Gasteiger partial charge in [-0.3, -0.25) is 9.48 Å². The van der Waals surface area contributed by atoms with Crippen LogP contribution in [0.4, 0.5) is 18.9 Å². The number of amides is 1. The summed E-state index contributed by atoms with van der Waals surface area (Å²) in [5, 5.41) is 16.0. The summed E-state index contributed by atoms with van der Waals surface area (Å²) in [4.78, 5) is 27.6. The van der Waals surface area contributed by atoms with Crippen molar-refractivity contribution >= 4 is 51.7 Å². The van der Waals surface area contributed by atoms with Crippen LogP contribution in [0.15, 0.2) is 42.5 Å². The predicted molar refractivity (Wildman–Crippen MR) is 188 cm³/mol. The molecule has 3 aromatic carbocycles. The van der Waals surface area contributed by atoms with Gasteiger partial charge in [0.15, 0.2) is 0 Å². The molecule has 8 nitrogen and oxygen atoms in total. The van der Waals surface area contributed by atoms with E-state index < -0.39 is 29.2 Å². The van der Waals surface area contributed by atoms with Crippen LogP contribution in [-0.2, 0) is 26.2 Å². The van der Waals surface area contributed by atoms with Crippen LogP contribution in [0.25, 0.3) is 22.0 Å². The monoisotopic (exact) mass is 726 g/mol. The van der Waals surface area contributed by atoms with Crippen LogP contribution in [0.3, 0.4) is 0 Å². The number of benzene rings is 3. The quantitative estimate of drug-likeness (QED) is 0.161. The van der Waals surface area contributed by atoms with Gasteiger partial charge in [0, 0.05) is 53.1 Å². The number of halogens is 5. The Hall–Kier alpha value is -4.48. The average molecular weight is 728 g/mol. The molecule has 2 aromatic heterocycles. The highest BCUT2D eigenvalue weighted by Crippen LogP contribution is 2.43. The Bertz CT molecular complexity index is 2160. The third-order valence-corrected chi connectivity index (χ3v) is 10.3. The van der Waals surface area contributed by atoms with E-state index in [2.05, 4.69) is 5.10 Å². The molecule has 3 heterocycles. The van der Waals surface area contributed by atoms with Crippen LogP contribution < -0.4 is 9.64 Å². The fourth-order valence-electron chi connectivity index (χ4n) is 7.00. The Kier molecular flexibility index (Phi) is 9.43. The number of carbonyl (C=O) groups is 2. The summed E-state index contributed by atoms with van der Waals surface area (Å²) >= 11 is 13.3. The zero-order valence-corrected chi connectivity index (χ0v) is 29.6. The summed E-state index contributed by atoms with van der Waals surface area (Å²) in [7, 11) is 1.85. The summed E-state index contributed by atoms with van der Waals surface area (Å²) in [6.45, 7) is 8.49. The second-order valence-electron chi connectivity index (χ2n) is 12.6. The molecule has 1 aliphatic rings. The Morgan fingerprint density at radius 3 is 2.32 bits per heavy atom. The highest BCUT2D eigenvalue weighted by Gasteiger charge is 2.38. The van der Waals surface area contributed by atoms with Crippen LogP contribution >= 0.6 is 23.2 Å². The van der Waals surface area contributed by atoms with Crippen LogP contribution in [-0.4, -0.2) is 44.5 Å². The van der Waals surface area contributed by atoms with Crippen molar-refractivity contribution in [2.45, 2.75) is 59.7 Å². The molecule has 1 amide bonds. The average Bonchev–Trinajstić information content (AvgIpc) is 3.42. The van der Waals surface area contributed by atoms with E-state index in [1.807, 2.05) is 57.5 Å². The minimum atomic E-state index is -4.94. The van der Waals surface area contributed by atoms with Crippen molar-refractivity contribution in [1.29, 1.82) is 0 Å². The van der Waals surface area contributed by atoms with Gasteiger partial charge in [-0.15, -0.1) is 0 Å².